The maximum absolute atomic E-state index is 5.63. The van der Waals surface area contributed by atoms with Crippen LogP contribution in [0.15, 0.2) is 16.6 Å². The van der Waals surface area contributed by atoms with Crippen molar-refractivity contribution in [3.05, 3.63) is 22.2 Å². The van der Waals surface area contributed by atoms with Gasteiger partial charge in [0.05, 0.1) is 7.11 Å². The van der Waals surface area contributed by atoms with E-state index in [4.69, 9.17) is 14.2 Å². The molecule has 3 nitrogen and oxygen atoms in total. The second-order valence-electron chi connectivity index (χ2n) is 5.73. The molecule has 0 fully saturated rings. The number of halogens is 1. The van der Waals surface area contributed by atoms with Crippen molar-refractivity contribution in [3.63, 3.8) is 0 Å². The van der Waals surface area contributed by atoms with Gasteiger partial charge in [0.25, 0.3) is 0 Å². The third kappa shape index (κ3) is 5.97. The van der Waals surface area contributed by atoms with Crippen molar-refractivity contribution in [1.29, 1.82) is 0 Å². The molecule has 0 bridgehead atoms. The Morgan fingerprint density at radius 2 is 1.84 bits per heavy atom. The zero-order valence-corrected chi connectivity index (χ0v) is 15.0. The van der Waals surface area contributed by atoms with Crippen LogP contribution < -0.4 is 9.47 Å². The minimum Gasteiger partial charge on any atom is -0.493 e. The van der Waals surface area contributed by atoms with E-state index < -0.39 is 8.07 Å². The van der Waals surface area contributed by atoms with Crippen LogP contribution in [0.25, 0.3) is 0 Å². The topological polar surface area (TPSA) is 27.7 Å². The number of aryl methyl sites for hydroxylation is 1. The van der Waals surface area contributed by atoms with Crippen LogP contribution in [0.4, 0.5) is 0 Å². The Bertz CT molecular complexity index is 416. The van der Waals surface area contributed by atoms with Crippen LogP contribution in [0, 0.1) is 6.92 Å². The summed E-state index contributed by atoms with van der Waals surface area (Å²) < 4.78 is 17.5. The lowest BCUT2D eigenvalue weighted by molar-refractivity contribution is 0.0205. The molecule has 0 amide bonds. The molecular weight excluding hydrogens is 324 g/mol. The van der Waals surface area contributed by atoms with Crippen molar-refractivity contribution in [1.82, 2.24) is 0 Å². The van der Waals surface area contributed by atoms with Gasteiger partial charge < -0.3 is 14.2 Å². The normalized spacial score (nSPS) is 11.5. The minimum atomic E-state index is -1.03. The van der Waals surface area contributed by atoms with E-state index in [9.17, 15) is 0 Å². The fourth-order valence-corrected chi connectivity index (χ4v) is 2.53. The molecule has 0 aliphatic carbocycles. The van der Waals surface area contributed by atoms with Crippen LogP contribution in [-0.4, -0.2) is 28.6 Å². The van der Waals surface area contributed by atoms with E-state index in [0.717, 1.165) is 28.4 Å². The summed E-state index contributed by atoms with van der Waals surface area (Å²) in [5, 5.41) is 0. The minimum absolute atomic E-state index is 0.266. The van der Waals surface area contributed by atoms with Gasteiger partial charge in [-0.2, -0.15) is 0 Å². The Morgan fingerprint density at radius 1 is 1.16 bits per heavy atom. The Labute approximate surface area is 125 Å². The monoisotopic (exact) mass is 346 g/mol. The Kier molecular flexibility index (Phi) is 6.36. The van der Waals surface area contributed by atoms with Crippen LogP contribution in [0.2, 0.25) is 25.7 Å². The summed E-state index contributed by atoms with van der Waals surface area (Å²) in [6, 6.07) is 5.00. The highest BCUT2D eigenvalue weighted by Gasteiger charge is 2.12. The molecule has 0 radical (unpaired) electrons. The smallest absolute Gasteiger partial charge is 0.189 e. The van der Waals surface area contributed by atoms with Gasteiger partial charge in [0.15, 0.2) is 18.3 Å². The summed E-state index contributed by atoms with van der Waals surface area (Å²) >= 11 is 3.47. The summed E-state index contributed by atoms with van der Waals surface area (Å²) in [5.74, 6) is 1.43. The molecule has 1 aromatic rings. The van der Waals surface area contributed by atoms with E-state index in [1.165, 1.54) is 0 Å². The van der Waals surface area contributed by atoms with Crippen molar-refractivity contribution in [2.75, 3.05) is 20.5 Å². The zero-order valence-electron chi connectivity index (χ0n) is 12.4. The van der Waals surface area contributed by atoms with Crippen molar-refractivity contribution < 1.29 is 14.2 Å². The van der Waals surface area contributed by atoms with Gasteiger partial charge >= 0.3 is 0 Å². The summed E-state index contributed by atoms with van der Waals surface area (Å²) in [4.78, 5) is 0. The van der Waals surface area contributed by atoms with Crippen molar-refractivity contribution >= 4 is 24.0 Å². The summed E-state index contributed by atoms with van der Waals surface area (Å²) in [6.07, 6.45) is 0. The number of methoxy groups -OCH3 is 1. The molecular formula is C14H23BrO3Si. The molecule has 1 rings (SSSR count). The average Bonchev–Trinajstić information content (AvgIpc) is 2.31. The standard InChI is InChI=1S/C14H23BrO3Si/c1-11-8-14(13(16-2)9-12(11)15)18-10-17-6-7-19(3,4)5/h8-9H,6-7,10H2,1-5H3. The lowest BCUT2D eigenvalue weighted by Gasteiger charge is -2.16. The third-order valence-electron chi connectivity index (χ3n) is 2.74. The van der Waals surface area contributed by atoms with Gasteiger partial charge in [0.2, 0.25) is 0 Å². The van der Waals surface area contributed by atoms with Crippen LogP contribution >= 0.6 is 15.9 Å². The molecule has 0 aliphatic rings. The van der Waals surface area contributed by atoms with Gasteiger partial charge in [-0.05, 0) is 30.7 Å². The number of hydrogen-bond donors (Lipinski definition) is 0. The molecule has 0 saturated heterocycles. The largest absolute Gasteiger partial charge is 0.493 e. The van der Waals surface area contributed by atoms with Gasteiger partial charge in [0.1, 0.15) is 0 Å². The summed E-state index contributed by atoms with van der Waals surface area (Å²) in [6.45, 7) is 10.0. The van der Waals surface area contributed by atoms with Crippen molar-refractivity contribution in [3.8, 4) is 11.5 Å². The molecule has 0 heterocycles. The second kappa shape index (κ2) is 7.31. The zero-order chi connectivity index (χ0) is 14.5. The summed E-state index contributed by atoms with van der Waals surface area (Å²) in [7, 11) is 0.603. The number of ether oxygens (including phenoxy) is 3. The first-order chi connectivity index (χ1) is 8.83. The highest BCUT2D eigenvalue weighted by molar-refractivity contribution is 9.10. The molecule has 0 spiro atoms. The molecule has 1 aromatic carbocycles. The van der Waals surface area contributed by atoms with Gasteiger partial charge in [-0.15, -0.1) is 0 Å². The van der Waals surface area contributed by atoms with E-state index in [1.807, 2.05) is 19.1 Å². The lowest BCUT2D eigenvalue weighted by Crippen LogP contribution is -2.22. The van der Waals surface area contributed by atoms with E-state index in [1.54, 1.807) is 7.11 Å². The second-order valence-corrected chi connectivity index (χ2v) is 12.2. The first kappa shape index (κ1) is 16.5. The van der Waals surface area contributed by atoms with Crippen molar-refractivity contribution in [2.45, 2.75) is 32.6 Å². The Morgan fingerprint density at radius 3 is 2.42 bits per heavy atom. The van der Waals surface area contributed by atoms with Crippen LogP contribution in [0.1, 0.15) is 5.56 Å². The molecule has 0 saturated carbocycles. The van der Waals surface area contributed by atoms with Gasteiger partial charge in [-0.1, -0.05) is 35.6 Å². The predicted molar refractivity (Wildman–Crippen MR) is 85.0 cm³/mol. The molecule has 0 unspecified atom stereocenters. The highest BCUT2D eigenvalue weighted by atomic mass is 79.9. The molecule has 5 heteroatoms. The first-order valence-corrected chi connectivity index (χ1v) is 10.9. The SMILES string of the molecule is COc1cc(Br)c(C)cc1OCOCC[Si](C)(C)C. The fraction of sp³-hybridized carbons (Fsp3) is 0.571. The van der Waals surface area contributed by atoms with E-state index in [-0.39, 0.29) is 6.79 Å². The van der Waals surface area contributed by atoms with Crippen LogP contribution in [-0.2, 0) is 4.74 Å². The lowest BCUT2D eigenvalue weighted by atomic mass is 10.2. The van der Waals surface area contributed by atoms with E-state index in [2.05, 4.69) is 35.6 Å². The first-order valence-electron chi connectivity index (χ1n) is 6.38. The third-order valence-corrected chi connectivity index (χ3v) is 5.30. The van der Waals surface area contributed by atoms with Gasteiger partial charge in [-0.3, -0.25) is 0 Å². The van der Waals surface area contributed by atoms with Gasteiger partial charge in [-0.25, -0.2) is 0 Å². The predicted octanol–water partition coefficient (Wildman–Crippen LogP) is 4.46. The molecule has 0 atom stereocenters. The number of benzene rings is 1. The van der Waals surface area contributed by atoms with E-state index >= 15 is 0 Å². The maximum Gasteiger partial charge on any atom is 0.189 e. The molecule has 0 aromatic heterocycles. The Balaban J connectivity index is 2.47. The van der Waals surface area contributed by atoms with Crippen LogP contribution in [0.3, 0.4) is 0 Å². The Hall–Kier alpha value is -0.523. The molecule has 108 valence electrons. The highest BCUT2D eigenvalue weighted by Crippen LogP contribution is 2.33. The fourth-order valence-electron chi connectivity index (χ4n) is 1.45. The maximum atomic E-state index is 5.63. The number of rotatable bonds is 7. The molecule has 0 N–H and O–H groups in total. The van der Waals surface area contributed by atoms with Crippen LogP contribution in [0.5, 0.6) is 11.5 Å². The van der Waals surface area contributed by atoms with Gasteiger partial charge in [0, 0.05) is 19.2 Å². The number of hydrogen-bond acceptors (Lipinski definition) is 3. The van der Waals surface area contributed by atoms with E-state index in [0.29, 0.717) is 5.75 Å². The quantitative estimate of drug-likeness (QED) is 0.414. The molecule has 19 heavy (non-hydrogen) atoms. The van der Waals surface area contributed by atoms with Crippen molar-refractivity contribution in [2.24, 2.45) is 0 Å². The molecule has 0 aliphatic heterocycles. The average molecular weight is 347 g/mol. The summed E-state index contributed by atoms with van der Waals surface area (Å²) in [5.41, 5.74) is 1.11.